The molecule has 0 aliphatic heterocycles. The first-order valence-corrected chi connectivity index (χ1v) is 9.22. The van der Waals surface area contributed by atoms with E-state index in [1.807, 2.05) is 13.8 Å². The molecule has 1 N–H and O–H groups in total. The molecule has 8 nitrogen and oxygen atoms in total. The minimum absolute atomic E-state index is 0.134. The number of nitrogens with zero attached hydrogens (tertiary/aromatic N) is 1. The van der Waals surface area contributed by atoms with Crippen LogP contribution in [0.3, 0.4) is 0 Å². The Morgan fingerprint density at radius 2 is 2.04 bits per heavy atom. The maximum absolute atomic E-state index is 13.3. The van der Waals surface area contributed by atoms with Gasteiger partial charge in [0, 0.05) is 17.0 Å². The van der Waals surface area contributed by atoms with Crippen LogP contribution in [0.1, 0.15) is 41.9 Å². The van der Waals surface area contributed by atoms with Gasteiger partial charge in [-0.15, -0.1) is 11.3 Å². The molecule has 0 fully saturated rings. The second-order valence-electron chi connectivity index (χ2n) is 5.97. The number of benzene rings is 1. The highest BCUT2D eigenvalue weighted by molar-refractivity contribution is 7.16. The Hall–Kier alpha value is -3.01. The summed E-state index contributed by atoms with van der Waals surface area (Å²) in [6, 6.07) is 4.37. The summed E-state index contributed by atoms with van der Waals surface area (Å²) in [5, 5.41) is 13.8. The van der Waals surface area contributed by atoms with E-state index in [4.69, 9.17) is 9.47 Å². The molecule has 28 heavy (non-hydrogen) atoms. The number of thiophene rings is 1. The van der Waals surface area contributed by atoms with Crippen molar-refractivity contribution in [1.82, 2.24) is 0 Å². The lowest BCUT2D eigenvalue weighted by Gasteiger charge is -2.08. The number of nitro benzene ring substituents is 1. The molecule has 2 aromatic rings. The Bertz CT molecular complexity index is 896. The Kier molecular flexibility index (Phi) is 7.05. The van der Waals surface area contributed by atoms with E-state index in [0.29, 0.717) is 5.00 Å². The highest BCUT2D eigenvalue weighted by atomic mass is 32.1. The summed E-state index contributed by atoms with van der Waals surface area (Å²) in [4.78, 5) is 35.4. The van der Waals surface area contributed by atoms with Crippen molar-refractivity contribution in [1.29, 1.82) is 0 Å². The van der Waals surface area contributed by atoms with Crippen molar-refractivity contribution in [2.75, 3.05) is 18.5 Å². The van der Waals surface area contributed by atoms with Gasteiger partial charge in [-0.05, 0) is 25.0 Å². The molecule has 0 spiro atoms. The molecule has 150 valence electrons. The number of hydrogen-bond donors (Lipinski definition) is 1. The number of esters is 1. The van der Waals surface area contributed by atoms with Gasteiger partial charge in [0.15, 0.2) is 6.61 Å². The standard InChI is InChI=1S/C18H19FN2O6S/c1-4-26-18(23)12-8-15(10(2)3)28-17(12)20-16(22)9-27-14-7-11(19)5-6-13(14)21(24)25/h5-8,10H,4,9H2,1-3H3,(H,20,22). The van der Waals surface area contributed by atoms with E-state index in [9.17, 15) is 24.1 Å². The quantitative estimate of drug-likeness (QED) is 0.399. The Morgan fingerprint density at radius 3 is 2.64 bits per heavy atom. The monoisotopic (exact) mass is 410 g/mol. The number of nitrogens with one attached hydrogen (secondary N) is 1. The van der Waals surface area contributed by atoms with Crippen molar-refractivity contribution >= 4 is 33.9 Å². The number of carbonyl (C=O) groups is 2. The van der Waals surface area contributed by atoms with E-state index in [1.54, 1.807) is 13.0 Å². The number of anilines is 1. The summed E-state index contributed by atoms with van der Waals surface area (Å²) in [5.41, 5.74) is -0.236. The Morgan fingerprint density at radius 1 is 1.32 bits per heavy atom. The zero-order valence-corrected chi connectivity index (χ0v) is 16.3. The maximum Gasteiger partial charge on any atom is 0.341 e. The number of halogens is 1. The zero-order valence-electron chi connectivity index (χ0n) is 15.5. The highest BCUT2D eigenvalue weighted by Gasteiger charge is 2.21. The largest absolute Gasteiger partial charge is 0.477 e. The van der Waals surface area contributed by atoms with Crippen LogP contribution in [0, 0.1) is 15.9 Å². The third kappa shape index (κ3) is 5.26. The minimum Gasteiger partial charge on any atom is -0.477 e. The van der Waals surface area contributed by atoms with Gasteiger partial charge in [-0.2, -0.15) is 0 Å². The average Bonchev–Trinajstić information content (AvgIpc) is 3.04. The topological polar surface area (TPSA) is 108 Å². The van der Waals surface area contributed by atoms with Crippen LogP contribution in [-0.2, 0) is 9.53 Å². The van der Waals surface area contributed by atoms with Crippen LogP contribution in [0.4, 0.5) is 15.1 Å². The number of amides is 1. The molecule has 0 saturated heterocycles. The second kappa shape index (κ2) is 9.27. The summed E-state index contributed by atoms with van der Waals surface area (Å²) in [5.74, 6) is -2.18. The molecule has 10 heteroatoms. The molecule has 1 heterocycles. The third-order valence-corrected chi connectivity index (χ3v) is 4.90. The molecule has 1 aromatic heterocycles. The normalized spacial score (nSPS) is 10.6. The van der Waals surface area contributed by atoms with Crippen LogP contribution in [-0.4, -0.2) is 30.0 Å². The van der Waals surface area contributed by atoms with E-state index in [2.05, 4.69) is 5.32 Å². The fourth-order valence-electron chi connectivity index (χ4n) is 2.21. The number of carbonyl (C=O) groups excluding carboxylic acids is 2. The SMILES string of the molecule is CCOC(=O)c1cc(C(C)C)sc1NC(=O)COc1cc(F)ccc1[N+](=O)[O-]. The predicted molar refractivity (Wildman–Crippen MR) is 102 cm³/mol. The Labute approximate surface area is 164 Å². The van der Waals surface area contributed by atoms with Crippen molar-refractivity contribution in [2.24, 2.45) is 0 Å². The van der Waals surface area contributed by atoms with Crippen molar-refractivity contribution < 1.29 is 28.4 Å². The van der Waals surface area contributed by atoms with Gasteiger partial charge in [-0.1, -0.05) is 13.8 Å². The van der Waals surface area contributed by atoms with E-state index in [-0.39, 0.29) is 23.8 Å². The smallest absolute Gasteiger partial charge is 0.341 e. The minimum atomic E-state index is -0.736. The van der Waals surface area contributed by atoms with Gasteiger partial charge in [0.2, 0.25) is 5.75 Å². The summed E-state index contributed by atoms with van der Waals surface area (Å²) in [6.07, 6.45) is 0. The van der Waals surface area contributed by atoms with Crippen LogP contribution in [0.5, 0.6) is 5.75 Å². The number of nitro groups is 1. The molecule has 0 aliphatic carbocycles. The summed E-state index contributed by atoms with van der Waals surface area (Å²) in [7, 11) is 0. The van der Waals surface area contributed by atoms with Gasteiger partial charge in [0.1, 0.15) is 10.8 Å². The van der Waals surface area contributed by atoms with Crippen LogP contribution in [0.25, 0.3) is 0 Å². The van der Waals surface area contributed by atoms with Crippen molar-refractivity contribution in [2.45, 2.75) is 26.7 Å². The van der Waals surface area contributed by atoms with E-state index in [1.165, 1.54) is 11.3 Å². The fourth-order valence-corrected chi connectivity index (χ4v) is 3.27. The number of ether oxygens (including phenoxy) is 2. The molecule has 0 bridgehead atoms. The van der Waals surface area contributed by atoms with Gasteiger partial charge in [0.05, 0.1) is 17.1 Å². The predicted octanol–water partition coefficient (Wildman–Crippen LogP) is 4.11. The van der Waals surface area contributed by atoms with Crippen molar-refractivity contribution in [3.63, 3.8) is 0 Å². The van der Waals surface area contributed by atoms with E-state index < -0.39 is 34.9 Å². The molecule has 0 aliphatic rings. The lowest BCUT2D eigenvalue weighted by Crippen LogP contribution is -2.21. The highest BCUT2D eigenvalue weighted by Crippen LogP contribution is 2.33. The summed E-state index contributed by atoms with van der Waals surface area (Å²) >= 11 is 1.23. The molecular weight excluding hydrogens is 391 g/mol. The molecule has 1 aromatic carbocycles. The van der Waals surface area contributed by atoms with Crippen LogP contribution in [0.2, 0.25) is 0 Å². The lowest BCUT2D eigenvalue weighted by molar-refractivity contribution is -0.385. The molecule has 0 unspecified atom stereocenters. The van der Waals surface area contributed by atoms with Crippen molar-refractivity contribution in [3.05, 3.63) is 50.6 Å². The fraction of sp³-hybridized carbons (Fsp3) is 0.333. The van der Waals surface area contributed by atoms with Gasteiger partial charge in [-0.3, -0.25) is 14.9 Å². The summed E-state index contributed by atoms with van der Waals surface area (Å²) < 4.78 is 23.4. The molecular formula is C18H19FN2O6S. The third-order valence-electron chi connectivity index (χ3n) is 3.55. The maximum atomic E-state index is 13.3. The average molecular weight is 410 g/mol. The first-order valence-electron chi connectivity index (χ1n) is 8.40. The first kappa shape index (κ1) is 21.3. The van der Waals surface area contributed by atoms with Crippen LogP contribution >= 0.6 is 11.3 Å². The first-order chi connectivity index (χ1) is 13.2. The van der Waals surface area contributed by atoms with Crippen molar-refractivity contribution in [3.8, 4) is 5.75 Å². The summed E-state index contributed by atoms with van der Waals surface area (Å²) in [6.45, 7) is 5.15. The number of hydrogen-bond acceptors (Lipinski definition) is 7. The molecule has 0 radical (unpaired) electrons. The molecule has 1 amide bonds. The van der Waals surface area contributed by atoms with Gasteiger partial charge < -0.3 is 14.8 Å². The van der Waals surface area contributed by atoms with Gasteiger partial charge in [-0.25, -0.2) is 9.18 Å². The number of rotatable bonds is 8. The Balaban J connectivity index is 2.14. The van der Waals surface area contributed by atoms with Gasteiger partial charge >= 0.3 is 11.7 Å². The van der Waals surface area contributed by atoms with Gasteiger partial charge in [0.25, 0.3) is 5.91 Å². The molecule has 0 atom stereocenters. The lowest BCUT2D eigenvalue weighted by atomic mass is 10.1. The molecule has 2 rings (SSSR count). The van der Waals surface area contributed by atoms with Crippen LogP contribution < -0.4 is 10.1 Å². The van der Waals surface area contributed by atoms with Crippen LogP contribution in [0.15, 0.2) is 24.3 Å². The molecule has 0 saturated carbocycles. The van der Waals surface area contributed by atoms with E-state index >= 15 is 0 Å². The van der Waals surface area contributed by atoms with E-state index in [0.717, 1.165) is 23.1 Å². The second-order valence-corrected chi connectivity index (χ2v) is 7.06. The zero-order chi connectivity index (χ0) is 20.8.